The SMILES string of the molecule is O=C(Cn1cccn1)N1CCCCC(c2ccc(Cl)cc2)C1. The molecule has 116 valence electrons. The number of rotatable bonds is 3. The molecular weight excluding hydrogens is 298 g/mol. The molecule has 1 saturated heterocycles. The molecule has 1 aliphatic heterocycles. The number of hydrogen-bond donors (Lipinski definition) is 0. The maximum Gasteiger partial charge on any atom is 0.244 e. The van der Waals surface area contributed by atoms with Crippen LogP contribution >= 0.6 is 11.6 Å². The summed E-state index contributed by atoms with van der Waals surface area (Å²) in [7, 11) is 0. The van der Waals surface area contributed by atoms with Crippen molar-refractivity contribution in [2.24, 2.45) is 0 Å². The summed E-state index contributed by atoms with van der Waals surface area (Å²) >= 11 is 5.97. The van der Waals surface area contributed by atoms with Crippen LogP contribution in [0.15, 0.2) is 42.7 Å². The summed E-state index contributed by atoms with van der Waals surface area (Å²) in [5.41, 5.74) is 1.27. The van der Waals surface area contributed by atoms with Gasteiger partial charge in [-0.1, -0.05) is 30.2 Å². The fourth-order valence-electron chi connectivity index (χ4n) is 3.01. The van der Waals surface area contributed by atoms with Gasteiger partial charge in [-0.25, -0.2) is 0 Å². The predicted molar refractivity (Wildman–Crippen MR) is 86.9 cm³/mol. The largest absolute Gasteiger partial charge is 0.340 e. The molecule has 1 atom stereocenters. The van der Waals surface area contributed by atoms with Crippen LogP contribution in [-0.2, 0) is 11.3 Å². The number of benzene rings is 1. The smallest absolute Gasteiger partial charge is 0.244 e. The maximum atomic E-state index is 12.5. The zero-order chi connectivity index (χ0) is 15.4. The van der Waals surface area contributed by atoms with E-state index in [1.807, 2.05) is 29.3 Å². The van der Waals surface area contributed by atoms with E-state index in [1.54, 1.807) is 10.9 Å². The van der Waals surface area contributed by atoms with Crippen LogP contribution in [-0.4, -0.2) is 33.7 Å². The molecule has 2 aromatic rings. The Balaban J connectivity index is 1.69. The molecule has 0 radical (unpaired) electrons. The number of likely N-dealkylation sites (tertiary alicyclic amines) is 1. The highest BCUT2D eigenvalue weighted by atomic mass is 35.5. The lowest BCUT2D eigenvalue weighted by Crippen LogP contribution is -2.36. The van der Waals surface area contributed by atoms with Gasteiger partial charge in [0.15, 0.2) is 0 Å². The first kappa shape index (κ1) is 15.1. The summed E-state index contributed by atoms with van der Waals surface area (Å²) in [4.78, 5) is 14.5. The van der Waals surface area contributed by atoms with Gasteiger partial charge >= 0.3 is 0 Å². The normalized spacial score (nSPS) is 19.0. The van der Waals surface area contributed by atoms with E-state index in [1.165, 1.54) is 5.56 Å². The van der Waals surface area contributed by atoms with Crippen molar-refractivity contribution in [3.8, 4) is 0 Å². The third-order valence-corrected chi connectivity index (χ3v) is 4.47. The van der Waals surface area contributed by atoms with E-state index in [-0.39, 0.29) is 5.91 Å². The molecule has 0 aliphatic carbocycles. The minimum absolute atomic E-state index is 0.143. The first-order valence-electron chi connectivity index (χ1n) is 7.73. The molecule has 0 saturated carbocycles. The molecule has 1 unspecified atom stereocenters. The Hall–Kier alpha value is -1.81. The van der Waals surface area contributed by atoms with Gasteiger partial charge in [-0.05, 0) is 36.6 Å². The van der Waals surface area contributed by atoms with Gasteiger partial charge in [0.1, 0.15) is 6.54 Å². The Labute approximate surface area is 135 Å². The second-order valence-electron chi connectivity index (χ2n) is 5.79. The number of carbonyl (C=O) groups excluding carboxylic acids is 1. The minimum atomic E-state index is 0.143. The highest BCUT2D eigenvalue weighted by Crippen LogP contribution is 2.27. The Morgan fingerprint density at radius 3 is 2.82 bits per heavy atom. The van der Waals surface area contributed by atoms with Crippen molar-refractivity contribution in [3.63, 3.8) is 0 Å². The lowest BCUT2D eigenvalue weighted by Gasteiger charge is -2.25. The molecule has 1 amide bonds. The fraction of sp³-hybridized carbons (Fsp3) is 0.412. The van der Waals surface area contributed by atoms with E-state index >= 15 is 0 Å². The third-order valence-electron chi connectivity index (χ3n) is 4.22. The number of halogens is 1. The Bertz CT molecular complexity index is 609. The van der Waals surface area contributed by atoms with E-state index in [0.717, 1.165) is 37.4 Å². The van der Waals surface area contributed by atoms with Crippen LogP contribution in [0.25, 0.3) is 0 Å². The van der Waals surface area contributed by atoms with Crippen LogP contribution in [0.5, 0.6) is 0 Å². The molecule has 0 N–H and O–H groups in total. The molecule has 22 heavy (non-hydrogen) atoms. The second kappa shape index (κ2) is 6.97. The van der Waals surface area contributed by atoms with Crippen molar-refractivity contribution in [2.75, 3.05) is 13.1 Å². The first-order valence-corrected chi connectivity index (χ1v) is 8.11. The molecule has 1 aromatic carbocycles. The van der Waals surface area contributed by atoms with Crippen molar-refractivity contribution in [1.29, 1.82) is 0 Å². The van der Waals surface area contributed by atoms with Gasteiger partial charge < -0.3 is 4.90 Å². The molecule has 3 rings (SSSR count). The quantitative estimate of drug-likeness (QED) is 0.871. The van der Waals surface area contributed by atoms with Crippen LogP contribution in [0, 0.1) is 0 Å². The van der Waals surface area contributed by atoms with Gasteiger partial charge in [0.05, 0.1) is 0 Å². The molecule has 1 fully saturated rings. The lowest BCUT2D eigenvalue weighted by molar-refractivity contribution is -0.132. The van der Waals surface area contributed by atoms with Gasteiger partial charge in [-0.3, -0.25) is 9.48 Å². The first-order chi connectivity index (χ1) is 10.7. The van der Waals surface area contributed by atoms with Gasteiger partial charge in [0, 0.05) is 36.4 Å². The number of carbonyl (C=O) groups is 1. The van der Waals surface area contributed by atoms with Crippen LogP contribution in [0.2, 0.25) is 5.02 Å². The summed E-state index contributed by atoms with van der Waals surface area (Å²) in [5, 5.41) is 4.87. The summed E-state index contributed by atoms with van der Waals surface area (Å²) in [5.74, 6) is 0.533. The number of aromatic nitrogens is 2. The number of amides is 1. The molecule has 1 aliphatic rings. The highest BCUT2D eigenvalue weighted by molar-refractivity contribution is 6.30. The number of nitrogens with zero attached hydrogens (tertiary/aromatic N) is 3. The Kier molecular flexibility index (Phi) is 4.78. The van der Waals surface area contributed by atoms with Crippen molar-refractivity contribution in [3.05, 3.63) is 53.3 Å². The molecule has 1 aromatic heterocycles. The topological polar surface area (TPSA) is 38.1 Å². The van der Waals surface area contributed by atoms with Crippen molar-refractivity contribution in [2.45, 2.75) is 31.7 Å². The van der Waals surface area contributed by atoms with Crippen LogP contribution in [0.3, 0.4) is 0 Å². The van der Waals surface area contributed by atoms with Crippen LogP contribution in [0.1, 0.15) is 30.7 Å². The molecule has 0 spiro atoms. The van der Waals surface area contributed by atoms with Gasteiger partial charge in [-0.2, -0.15) is 5.10 Å². The van der Waals surface area contributed by atoms with E-state index in [2.05, 4.69) is 17.2 Å². The van der Waals surface area contributed by atoms with E-state index in [4.69, 9.17) is 11.6 Å². The lowest BCUT2D eigenvalue weighted by atomic mass is 9.94. The molecule has 0 bridgehead atoms. The van der Waals surface area contributed by atoms with Crippen LogP contribution in [0.4, 0.5) is 0 Å². The average molecular weight is 318 g/mol. The standard InChI is InChI=1S/C17H20ClN3O/c18-16-7-5-14(6-8-16)15-4-1-2-10-20(12-15)17(22)13-21-11-3-9-19-21/h3,5-9,11,15H,1-2,4,10,12-13H2. The summed E-state index contributed by atoms with van der Waals surface area (Å²) in [6.45, 7) is 1.94. The molecule has 5 heteroatoms. The van der Waals surface area contributed by atoms with E-state index < -0.39 is 0 Å². The number of hydrogen-bond acceptors (Lipinski definition) is 2. The minimum Gasteiger partial charge on any atom is -0.340 e. The molecule has 4 nitrogen and oxygen atoms in total. The highest BCUT2D eigenvalue weighted by Gasteiger charge is 2.23. The van der Waals surface area contributed by atoms with Gasteiger partial charge in [0.25, 0.3) is 0 Å². The summed E-state index contributed by atoms with van der Waals surface area (Å²) in [6.07, 6.45) is 6.86. The monoisotopic (exact) mass is 317 g/mol. The third kappa shape index (κ3) is 3.69. The van der Waals surface area contributed by atoms with Gasteiger partial charge in [-0.15, -0.1) is 0 Å². The van der Waals surface area contributed by atoms with Crippen molar-refractivity contribution < 1.29 is 4.79 Å². The zero-order valence-electron chi connectivity index (χ0n) is 12.5. The molecular formula is C17H20ClN3O. The molecule has 2 heterocycles. The zero-order valence-corrected chi connectivity index (χ0v) is 13.2. The van der Waals surface area contributed by atoms with Crippen LogP contribution < -0.4 is 0 Å². The van der Waals surface area contributed by atoms with E-state index in [9.17, 15) is 4.79 Å². The Morgan fingerprint density at radius 2 is 2.09 bits per heavy atom. The fourth-order valence-corrected chi connectivity index (χ4v) is 3.13. The Morgan fingerprint density at radius 1 is 1.27 bits per heavy atom. The second-order valence-corrected chi connectivity index (χ2v) is 6.22. The average Bonchev–Trinajstić information content (AvgIpc) is 2.90. The predicted octanol–water partition coefficient (Wildman–Crippen LogP) is 3.33. The summed E-state index contributed by atoms with van der Waals surface area (Å²) < 4.78 is 1.69. The maximum absolute atomic E-state index is 12.5. The van der Waals surface area contributed by atoms with Crippen molar-refractivity contribution >= 4 is 17.5 Å². The van der Waals surface area contributed by atoms with Crippen molar-refractivity contribution in [1.82, 2.24) is 14.7 Å². The summed E-state index contributed by atoms with van der Waals surface area (Å²) in [6, 6.07) is 9.85. The van der Waals surface area contributed by atoms with E-state index in [0.29, 0.717) is 12.5 Å². The van der Waals surface area contributed by atoms with Gasteiger partial charge in [0.2, 0.25) is 5.91 Å².